The first-order valence-electron chi connectivity index (χ1n) is 9.15. The predicted octanol–water partition coefficient (Wildman–Crippen LogP) is 3.91. The monoisotopic (exact) mass is 348 g/mol. The zero-order valence-corrected chi connectivity index (χ0v) is 16.3. The van der Waals surface area contributed by atoms with Gasteiger partial charge in [0.25, 0.3) is 0 Å². The number of amides is 1. The Kier molecular flexibility index (Phi) is 6.71. The van der Waals surface area contributed by atoms with Crippen molar-refractivity contribution in [3.8, 4) is 11.5 Å². The van der Waals surface area contributed by atoms with Crippen molar-refractivity contribution in [3.63, 3.8) is 0 Å². The number of ether oxygens (including phenoxy) is 2. The summed E-state index contributed by atoms with van der Waals surface area (Å²) in [6.45, 7) is 10.3. The molecule has 5 nitrogen and oxygen atoms in total. The van der Waals surface area contributed by atoms with E-state index in [-0.39, 0.29) is 11.5 Å². The molecule has 0 atom stereocenters. The highest BCUT2D eigenvalue weighted by Gasteiger charge is 2.18. The molecule has 1 saturated heterocycles. The number of benzene rings is 1. The topological polar surface area (TPSA) is 42.0 Å². The van der Waals surface area contributed by atoms with Gasteiger partial charge in [0.05, 0.1) is 0 Å². The summed E-state index contributed by atoms with van der Waals surface area (Å²) in [6, 6.07) is 5.76. The molecule has 0 bridgehead atoms. The van der Waals surface area contributed by atoms with Crippen LogP contribution >= 0.6 is 0 Å². The first-order chi connectivity index (χ1) is 11.8. The molecule has 5 heteroatoms. The van der Waals surface area contributed by atoms with Crippen molar-refractivity contribution in [2.45, 2.75) is 45.4 Å². The summed E-state index contributed by atoms with van der Waals surface area (Å²) in [6.07, 6.45) is 3.52. The Morgan fingerprint density at radius 1 is 1.08 bits per heavy atom. The third-order valence-electron chi connectivity index (χ3n) is 4.44. The van der Waals surface area contributed by atoms with E-state index in [4.69, 9.17) is 9.47 Å². The van der Waals surface area contributed by atoms with Crippen LogP contribution in [-0.4, -0.2) is 56.2 Å². The van der Waals surface area contributed by atoms with E-state index in [2.05, 4.69) is 25.7 Å². The minimum Gasteiger partial charge on any atom is -0.492 e. The second-order valence-corrected chi connectivity index (χ2v) is 7.96. The molecule has 1 aliphatic heterocycles. The SMILES string of the molecule is CN(C)C(=O)Oc1cc(OCCN2CCCCC2)cc(C(C)(C)C)c1. The molecule has 0 radical (unpaired) electrons. The number of carbonyl (C=O) groups excluding carboxylic acids is 1. The van der Waals surface area contributed by atoms with Gasteiger partial charge in [0.2, 0.25) is 0 Å². The maximum Gasteiger partial charge on any atom is 0.414 e. The molecule has 1 fully saturated rings. The number of carbonyl (C=O) groups is 1. The van der Waals surface area contributed by atoms with E-state index in [1.807, 2.05) is 12.1 Å². The molecule has 0 aromatic heterocycles. The molecule has 0 saturated carbocycles. The smallest absolute Gasteiger partial charge is 0.414 e. The zero-order valence-electron chi connectivity index (χ0n) is 16.3. The summed E-state index contributed by atoms with van der Waals surface area (Å²) in [5.74, 6) is 1.28. The molecule has 1 aliphatic rings. The number of rotatable bonds is 5. The molecule has 0 aliphatic carbocycles. The molecular formula is C20H32N2O3. The molecule has 1 heterocycles. The van der Waals surface area contributed by atoms with Crippen molar-refractivity contribution in [1.82, 2.24) is 9.80 Å². The lowest BCUT2D eigenvalue weighted by atomic mass is 9.87. The van der Waals surface area contributed by atoms with Gasteiger partial charge in [-0.2, -0.15) is 0 Å². The highest BCUT2D eigenvalue weighted by molar-refractivity contribution is 5.70. The number of piperidine rings is 1. The van der Waals surface area contributed by atoms with Crippen molar-refractivity contribution < 1.29 is 14.3 Å². The largest absolute Gasteiger partial charge is 0.492 e. The van der Waals surface area contributed by atoms with Crippen LogP contribution in [0.3, 0.4) is 0 Å². The summed E-state index contributed by atoms with van der Waals surface area (Å²) in [7, 11) is 3.35. The van der Waals surface area contributed by atoms with E-state index in [0.717, 1.165) is 30.9 Å². The van der Waals surface area contributed by atoms with Crippen LogP contribution in [0, 0.1) is 0 Å². The Labute approximate surface area is 151 Å². The van der Waals surface area contributed by atoms with Crippen LogP contribution in [-0.2, 0) is 5.41 Å². The van der Waals surface area contributed by atoms with Crippen LogP contribution in [0.1, 0.15) is 45.6 Å². The summed E-state index contributed by atoms with van der Waals surface area (Å²) in [4.78, 5) is 15.7. The molecule has 140 valence electrons. The second-order valence-electron chi connectivity index (χ2n) is 7.96. The van der Waals surface area contributed by atoms with Gasteiger partial charge in [-0.05, 0) is 49.0 Å². The van der Waals surface area contributed by atoms with Gasteiger partial charge in [0, 0.05) is 26.7 Å². The zero-order chi connectivity index (χ0) is 18.4. The van der Waals surface area contributed by atoms with Gasteiger partial charge in [-0.3, -0.25) is 4.90 Å². The first-order valence-corrected chi connectivity index (χ1v) is 9.15. The van der Waals surface area contributed by atoms with Crippen LogP contribution < -0.4 is 9.47 Å². The Morgan fingerprint density at radius 3 is 2.32 bits per heavy atom. The second kappa shape index (κ2) is 8.56. The highest BCUT2D eigenvalue weighted by atomic mass is 16.6. The number of hydrogen-bond acceptors (Lipinski definition) is 4. The first kappa shape index (κ1) is 19.6. The highest BCUT2D eigenvalue weighted by Crippen LogP contribution is 2.31. The molecule has 0 spiro atoms. The predicted molar refractivity (Wildman–Crippen MR) is 101 cm³/mol. The Hall–Kier alpha value is -1.75. The average molecular weight is 348 g/mol. The normalized spacial score (nSPS) is 15.7. The maximum atomic E-state index is 11.9. The standard InChI is InChI=1S/C20H32N2O3/c1-20(2,3)16-13-17(15-18(14-16)25-19(23)21(4)5)24-12-11-22-9-7-6-8-10-22/h13-15H,6-12H2,1-5H3. The number of nitrogens with zero attached hydrogens (tertiary/aromatic N) is 2. The van der Waals surface area contributed by atoms with Gasteiger partial charge in [-0.1, -0.05) is 27.2 Å². The maximum absolute atomic E-state index is 11.9. The van der Waals surface area contributed by atoms with Crippen LogP contribution in [0.15, 0.2) is 18.2 Å². The Balaban J connectivity index is 2.05. The average Bonchev–Trinajstić information content (AvgIpc) is 2.54. The van der Waals surface area contributed by atoms with Crippen molar-refractivity contribution in [1.29, 1.82) is 0 Å². The molecule has 1 aromatic rings. The van der Waals surface area contributed by atoms with Gasteiger partial charge < -0.3 is 14.4 Å². The van der Waals surface area contributed by atoms with Crippen molar-refractivity contribution in [3.05, 3.63) is 23.8 Å². The van der Waals surface area contributed by atoms with Crippen molar-refractivity contribution >= 4 is 6.09 Å². The summed E-state index contributed by atoms with van der Waals surface area (Å²) >= 11 is 0. The van der Waals surface area contributed by atoms with E-state index >= 15 is 0 Å². The molecule has 0 N–H and O–H groups in total. The van der Waals surface area contributed by atoms with Gasteiger partial charge in [-0.25, -0.2) is 4.79 Å². The lowest BCUT2D eigenvalue weighted by Gasteiger charge is -2.26. The Bertz CT molecular complexity index is 573. The minimum absolute atomic E-state index is 0.0501. The van der Waals surface area contributed by atoms with Crippen LogP contribution in [0.5, 0.6) is 11.5 Å². The fourth-order valence-corrected chi connectivity index (χ4v) is 2.81. The molecule has 2 rings (SSSR count). The van der Waals surface area contributed by atoms with Crippen molar-refractivity contribution in [2.75, 3.05) is 40.3 Å². The van der Waals surface area contributed by atoms with E-state index in [0.29, 0.717) is 12.4 Å². The lowest BCUT2D eigenvalue weighted by Crippen LogP contribution is -2.33. The third kappa shape index (κ3) is 6.24. The van der Waals surface area contributed by atoms with E-state index < -0.39 is 0 Å². The fraction of sp³-hybridized carbons (Fsp3) is 0.650. The number of hydrogen-bond donors (Lipinski definition) is 0. The molecule has 25 heavy (non-hydrogen) atoms. The summed E-state index contributed by atoms with van der Waals surface area (Å²) < 4.78 is 11.4. The summed E-state index contributed by atoms with van der Waals surface area (Å²) in [5.41, 5.74) is 1.04. The summed E-state index contributed by atoms with van der Waals surface area (Å²) in [5, 5.41) is 0. The van der Waals surface area contributed by atoms with E-state index in [1.165, 1.54) is 24.2 Å². The lowest BCUT2D eigenvalue weighted by molar-refractivity contribution is 0.171. The third-order valence-corrected chi connectivity index (χ3v) is 4.44. The molecule has 1 amide bonds. The minimum atomic E-state index is -0.384. The van der Waals surface area contributed by atoms with Gasteiger partial charge >= 0.3 is 6.09 Å². The Morgan fingerprint density at radius 2 is 1.72 bits per heavy atom. The molecule has 1 aromatic carbocycles. The number of likely N-dealkylation sites (tertiary alicyclic amines) is 1. The van der Waals surface area contributed by atoms with E-state index in [1.54, 1.807) is 20.2 Å². The van der Waals surface area contributed by atoms with Crippen molar-refractivity contribution in [2.24, 2.45) is 0 Å². The quantitative estimate of drug-likeness (QED) is 0.809. The van der Waals surface area contributed by atoms with Gasteiger partial charge in [0.1, 0.15) is 18.1 Å². The van der Waals surface area contributed by atoms with E-state index in [9.17, 15) is 4.79 Å². The van der Waals surface area contributed by atoms with Crippen LogP contribution in [0.2, 0.25) is 0 Å². The van der Waals surface area contributed by atoms with Crippen LogP contribution in [0.4, 0.5) is 4.79 Å². The van der Waals surface area contributed by atoms with Crippen LogP contribution in [0.25, 0.3) is 0 Å². The molecular weight excluding hydrogens is 316 g/mol. The fourth-order valence-electron chi connectivity index (χ4n) is 2.81. The van der Waals surface area contributed by atoms with Gasteiger partial charge in [-0.15, -0.1) is 0 Å². The van der Waals surface area contributed by atoms with Gasteiger partial charge in [0.15, 0.2) is 0 Å². The molecule has 0 unspecified atom stereocenters.